The van der Waals surface area contributed by atoms with Gasteiger partial charge >= 0.3 is 0 Å². The van der Waals surface area contributed by atoms with E-state index in [0.29, 0.717) is 11.4 Å². The van der Waals surface area contributed by atoms with Gasteiger partial charge in [-0.2, -0.15) is 4.98 Å². The van der Waals surface area contributed by atoms with Crippen LogP contribution in [0.5, 0.6) is 0 Å². The van der Waals surface area contributed by atoms with E-state index in [9.17, 15) is 8.42 Å². The van der Waals surface area contributed by atoms with Crippen molar-refractivity contribution < 1.29 is 12.9 Å². The molecule has 0 atom stereocenters. The third-order valence-corrected chi connectivity index (χ3v) is 4.67. The van der Waals surface area contributed by atoms with Gasteiger partial charge in [-0.05, 0) is 43.5 Å². The Kier molecular flexibility index (Phi) is 4.40. The van der Waals surface area contributed by atoms with Gasteiger partial charge in [0.1, 0.15) is 0 Å². The van der Waals surface area contributed by atoms with Gasteiger partial charge in [0.05, 0.1) is 11.4 Å². The van der Waals surface area contributed by atoms with Crippen molar-refractivity contribution in [3.05, 3.63) is 40.5 Å². The van der Waals surface area contributed by atoms with E-state index in [1.807, 2.05) is 13.0 Å². The first kappa shape index (κ1) is 15.6. The van der Waals surface area contributed by atoms with Gasteiger partial charge in [0.15, 0.2) is 5.82 Å². The summed E-state index contributed by atoms with van der Waals surface area (Å²) in [6.07, 6.45) is 0. The van der Waals surface area contributed by atoms with Crippen LogP contribution in [0.25, 0.3) is 0 Å². The van der Waals surface area contributed by atoms with Crippen LogP contribution in [0.4, 0.5) is 0 Å². The quantitative estimate of drug-likeness (QED) is 0.850. The van der Waals surface area contributed by atoms with Crippen molar-refractivity contribution in [1.29, 1.82) is 0 Å². The van der Waals surface area contributed by atoms with E-state index in [1.54, 1.807) is 19.9 Å². The van der Waals surface area contributed by atoms with E-state index in [4.69, 9.17) is 10.3 Å². The molecule has 114 valence electrons. The summed E-state index contributed by atoms with van der Waals surface area (Å²) in [5.74, 6) is 0.682. The van der Waals surface area contributed by atoms with Crippen molar-refractivity contribution in [2.24, 2.45) is 5.73 Å². The van der Waals surface area contributed by atoms with Crippen LogP contribution >= 0.6 is 0 Å². The fourth-order valence-electron chi connectivity index (χ4n) is 2.03. The van der Waals surface area contributed by atoms with E-state index in [0.717, 1.165) is 11.1 Å². The van der Waals surface area contributed by atoms with Gasteiger partial charge in [-0.25, -0.2) is 13.1 Å². The van der Waals surface area contributed by atoms with Gasteiger partial charge in [-0.15, -0.1) is 0 Å². The third kappa shape index (κ3) is 3.46. The predicted octanol–water partition coefficient (Wildman–Crippen LogP) is 0.932. The molecule has 7 nitrogen and oxygen atoms in total. The first-order chi connectivity index (χ1) is 9.83. The lowest BCUT2D eigenvalue weighted by molar-refractivity contribution is 0.372. The zero-order chi connectivity index (χ0) is 15.6. The van der Waals surface area contributed by atoms with E-state index in [2.05, 4.69) is 14.9 Å². The molecular formula is C13H18N4O3S. The summed E-state index contributed by atoms with van der Waals surface area (Å²) in [7, 11) is -3.66. The Labute approximate surface area is 123 Å². The van der Waals surface area contributed by atoms with Crippen LogP contribution in [0.3, 0.4) is 0 Å². The number of aromatic nitrogens is 2. The zero-order valence-electron chi connectivity index (χ0n) is 12.2. The molecule has 1 aromatic heterocycles. The lowest BCUT2D eigenvalue weighted by atomic mass is 10.1. The highest BCUT2D eigenvalue weighted by Crippen LogP contribution is 2.20. The zero-order valence-corrected chi connectivity index (χ0v) is 13.0. The minimum absolute atomic E-state index is 0.0472. The van der Waals surface area contributed by atoms with E-state index in [-0.39, 0.29) is 23.9 Å². The molecule has 0 unspecified atom stereocenters. The number of nitrogens with one attached hydrogen (secondary N) is 1. The Morgan fingerprint density at radius 2 is 1.95 bits per heavy atom. The van der Waals surface area contributed by atoms with Gasteiger partial charge < -0.3 is 10.3 Å². The molecule has 0 saturated carbocycles. The molecule has 0 saturated heterocycles. The highest BCUT2D eigenvalue weighted by Gasteiger charge is 2.19. The van der Waals surface area contributed by atoms with Crippen molar-refractivity contribution in [1.82, 2.24) is 14.9 Å². The average molecular weight is 310 g/mol. The van der Waals surface area contributed by atoms with E-state index in [1.165, 1.54) is 0 Å². The molecule has 0 spiro atoms. The number of aryl methyl sites for hydroxylation is 3. The highest BCUT2D eigenvalue weighted by atomic mass is 32.2. The molecule has 2 rings (SSSR count). The van der Waals surface area contributed by atoms with Crippen LogP contribution in [0, 0.1) is 20.8 Å². The fraction of sp³-hybridized carbons (Fsp3) is 0.385. The second kappa shape index (κ2) is 5.92. The van der Waals surface area contributed by atoms with Crippen LogP contribution in [0.2, 0.25) is 0 Å². The van der Waals surface area contributed by atoms with Crippen LogP contribution in [0.1, 0.15) is 28.4 Å². The van der Waals surface area contributed by atoms with Crippen molar-refractivity contribution >= 4 is 10.0 Å². The molecule has 1 heterocycles. The summed E-state index contributed by atoms with van der Waals surface area (Å²) in [6, 6.07) is 3.42. The van der Waals surface area contributed by atoms with Crippen LogP contribution in [-0.2, 0) is 23.1 Å². The molecule has 21 heavy (non-hydrogen) atoms. The Bertz CT molecular complexity index is 753. The molecule has 0 aliphatic carbocycles. The van der Waals surface area contributed by atoms with Crippen LogP contribution < -0.4 is 10.5 Å². The topological polar surface area (TPSA) is 111 Å². The Balaban J connectivity index is 2.27. The molecule has 0 fully saturated rings. The lowest BCUT2D eigenvalue weighted by Crippen LogP contribution is -2.24. The number of rotatable bonds is 5. The predicted molar refractivity (Wildman–Crippen MR) is 76.9 cm³/mol. The molecule has 0 radical (unpaired) electrons. The monoisotopic (exact) mass is 310 g/mol. The van der Waals surface area contributed by atoms with Gasteiger partial charge in [-0.1, -0.05) is 11.2 Å². The fourth-order valence-corrected chi connectivity index (χ4v) is 3.28. The molecule has 8 heteroatoms. The molecule has 2 aromatic rings. The number of nitrogens with two attached hydrogens (primary N) is 1. The summed E-state index contributed by atoms with van der Waals surface area (Å²) in [4.78, 5) is 4.17. The van der Waals surface area contributed by atoms with Crippen LogP contribution in [-0.4, -0.2) is 18.6 Å². The normalized spacial score (nSPS) is 11.8. The molecule has 0 bridgehead atoms. The minimum atomic E-state index is -3.66. The Hall–Kier alpha value is -1.77. The molecule has 3 N–H and O–H groups in total. The first-order valence-corrected chi connectivity index (χ1v) is 7.91. The summed E-state index contributed by atoms with van der Waals surface area (Å²) in [5, 5.41) is 3.61. The summed E-state index contributed by atoms with van der Waals surface area (Å²) >= 11 is 0. The largest absolute Gasteiger partial charge is 0.338 e. The number of benzene rings is 1. The molecule has 0 aliphatic heterocycles. The second-order valence-corrected chi connectivity index (χ2v) is 6.54. The number of hydrogen-bond acceptors (Lipinski definition) is 6. The number of nitrogens with zero attached hydrogens (tertiary/aromatic N) is 2. The first-order valence-electron chi connectivity index (χ1n) is 6.42. The van der Waals surface area contributed by atoms with Gasteiger partial charge in [-0.3, -0.25) is 0 Å². The SMILES string of the molecule is Cc1noc(CNS(=O)(=O)c2cc(CN)c(C)cc2C)n1. The summed E-state index contributed by atoms with van der Waals surface area (Å²) in [6.45, 7) is 5.56. The number of hydrogen-bond donors (Lipinski definition) is 2. The van der Waals surface area contributed by atoms with Crippen molar-refractivity contribution in [3.8, 4) is 0 Å². The highest BCUT2D eigenvalue weighted by molar-refractivity contribution is 7.89. The van der Waals surface area contributed by atoms with Gasteiger partial charge in [0.25, 0.3) is 0 Å². The number of sulfonamides is 1. The van der Waals surface area contributed by atoms with Crippen molar-refractivity contribution in [2.45, 2.75) is 38.8 Å². The second-order valence-electron chi connectivity index (χ2n) is 4.81. The van der Waals surface area contributed by atoms with Gasteiger partial charge in [0.2, 0.25) is 15.9 Å². The van der Waals surface area contributed by atoms with E-state index >= 15 is 0 Å². The van der Waals surface area contributed by atoms with Crippen molar-refractivity contribution in [3.63, 3.8) is 0 Å². The third-order valence-electron chi connectivity index (χ3n) is 3.13. The van der Waals surface area contributed by atoms with Crippen molar-refractivity contribution in [2.75, 3.05) is 0 Å². The molecular weight excluding hydrogens is 292 g/mol. The van der Waals surface area contributed by atoms with E-state index < -0.39 is 10.0 Å². The summed E-state index contributed by atoms with van der Waals surface area (Å²) in [5.41, 5.74) is 8.07. The molecule has 1 aromatic carbocycles. The Morgan fingerprint density at radius 1 is 1.24 bits per heavy atom. The minimum Gasteiger partial charge on any atom is -0.338 e. The standard InChI is InChI=1S/C13H18N4O3S/c1-8-4-9(2)12(5-11(8)6-14)21(18,19)15-7-13-16-10(3)17-20-13/h4-5,15H,6-7,14H2,1-3H3. The average Bonchev–Trinajstić information content (AvgIpc) is 2.82. The maximum Gasteiger partial charge on any atom is 0.241 e. The molecule has 0 amide bonds. The Morgan fingerprint density at radius 3 is 2.52 bits per heavy atom. The molecule has 0 aliphatic rings. The van der Waals surface area contributed by atoms with Crippen LogP contribution in [0.15, 0.2) is 21.6 Å². The maximum absolute atomic E-state index is 12.4. The lowest BCUT2D eigenvalue weighted by Gasteiger charge is -2.12. The smallest absolute Gasteiger partial charge is 0.241 e. The maximum atomic E-state index is 12.4. The van der Waals surface area contributed by atoms with Gasteiger partial charge in [0, 0.05) is 6.54 Å². The summed E-state index contributed by atoms with van der Waals surface area (Å²) < 4.78 is 32.1.